The van der Waals surface area contributed by atoms with Crippen LogP contribution in [0.25, 0.3) is 10.2 Å². The van der Waals surface area contributed by atoms with Gasteiger partial charge in [-0.25, -0.2) is 4.98 Å². The molecule has 0 saturated heterocycles. The number of fused-ring (bicyclic) bond motifs is 1. The molecule has 4 heteroatoms. The highest BCUT2D eigenvalue weighted by Crippen LogP contribution is 2.32. The summed E-state index contributed by atoms with van der Waals surface area (Å²) >= 11 is 1.73. The van der Waals surface area contributed by atoms with Gasteiger partial charge in [-0.05, 0) is 37.0 Å². The van der Waals surface area contributed by atoms with Gasteiger partial charge in [0.2, 0.25) is 0 Å². The first-order valence-electron chi connectivity index (χ1n) is 6.09. The van der Waals surface area contributed by atoms with Crippen LogP contribution in [0.1, 0.15) is 19.3 Å². The van der Waals surface area contributed by atoms with Gasteiger partial charge >= 0.3 is 0 Å². The third-order valence-electron chi connectivity index (χ3n) is 3.48. The van der Waals surface area contributed by atoms with Crippen molar-refractivity contribution in [1.82, 2.24) is 4.98 Å². The van der Waals surface area contributed by atoms with Crippen LogP contribution in [0.2, 0.25) is 0 Å². The molecule has 2 N–H and O–H groups in total. The molecule has 1 aromatic carbocycles. The third kappa shape index (κ3) is 2.09. The second kappa shape index (κ2) is 4.18. The molecule has 0 aliphatic heterocycles. The summed E-state index contributed by atoms with van der Waals surface area (Å²) in [6, 6.07) is 5.92. The smallest absolute Gasteiger partial charge is 0.186 e. The summed E-state index contributed by atoms with van der Waals surface area (Å²) < 4.78 is 1.18. The normalized spacial score (nSPS) is 16.1. The Hall–Kier alpha value is -1.29. The highest BCUT2D eigenvalue weighted by atomic mass is 32.1. The number of nitrogens with zero attached hydrogens (tertiary/aromatic N) is 2. The highest BCUT2D eigenvalue weighted by Gasteiger charge is 2.20. The van der Waals surface area contributed by atoms with E-state index in [-0.39, 0.29) is 0 Å². The van der Waals surface area contributed by atoms with Gasteiger partial charge in [0.1, 0.15) is 0 Å². The number of benzene rings is 1. The Morgan fingerprint density at radius 2 is 2.29 bits per heavy atom. The molecule has 0 bridgehead atoms. The monoisotopic (exact) mass is 247 g/mol. The number of rotatable bonds is 3. The molecular formula is C13H17N3S. The van der Waals surface area contributed by atoms with Crippen LogP contribution in [-0.4, -0.2) is 18.6 Å². The summed E-state index contributed by atoms with van der Waals surface area (Å²) in [5.74, 6) is 0.872. The van der Waals surface area contributed by atoms with Crippen molar-refractivity contribution < 1.29 is 0 Å². The standard InChI is InChI=1S/C13H17N3S/c1-16(8-9-3-2-4-9)13-15-11-6-5-10(14)7-12(11)17-13/h5-7,9H,2-4,8,14H2,1H3. The van der Waals surface area contributed by atoms with E-state index in [4.69, 9.17) is 5.73 Å². The second-order valence-corrected chi connectivity index (χ2v) is 5.91. The van der Waals surface area contributed by atoms with Crippen molar-refractivity contribution in [3.63, 3.8) is 0 Å². The van der Waals surface area contributed by atoms with E-state index in [1.54, 1.807) is 11.3 Å². The molecule has 0 radical (unpaired) electrons. The van der Waals surface area contributed by atoms with Gasteiger partial charge in [-0.1, -0.05) is 17.8 Å². The molecule has 3 nitrogen and oxygen atoms in total. The van der Waals surface area contributed by atoms with Crippen LogP contribution in [0.4, 0.5) is 10.8 Å². The summed E-state index contributed by atoms with van der Waals surface area (Å²) in [6.07, 6.45) is 4.15. The van der Waals surface area contributed by atoms with Gasteiger partial charge in [0.25, 0.3) is 0 Å². The average Bonchev–Trinajstić information content (AvgIpc) is 2.65. The number of thiazole rings is 1. The lowest BCUT2D eigenvalue weighted by molar-refractivity contribution is 0.321. The maximum atomic E-state index is 5.79. The zero-order chi connectivity index (χ0) is 11.8. The molecule has 1 aliphatic carbocycles. The number of nitrogen functional groups attached to an aromatic ring is 1. The maximum absolute atomic E-state index is 5.79. The molecule has 1 fully saturated rings. The summed E-state index contributed by atoms with van der Waals surface area (Å²) in [6.45, 7) is 1.13. The van der Waals surface area contributed by atoms with Gasteiger partial charge in [-0.15, -0.1) is 0 Å². The van der Waals surface area contributed by atoms with Crippen molar-refractivity contribution in [2.24, 2.45) is 5.92 Å². The van der Waals surface area contributed by atoms with Gasteiger partial charge in [0.05, 0.1) is 10.2 Å². The van der Waals surface area contributed by atoms with Crippen LogP contribution in [0, 0.1) is 5.92 Å². The molecule has 0 amide bonds. The fourth-order valence-corrected chi connectivity index (χ4v) is 3.22. The molecule has 0 atom stereocenters. The largest absolute Gasteiger partial charge is 0.399 e. The minimum Gasteiger partial charge on any atom is -0.399 e. The van der Waals surface area contributed by atoms with Crippen LogP contribution in [0.5, 0.6) is 0 Å². The molecule has 0 unspecified atom stereocenters. The highest BCUT2D eigenvalue weighted by molar-refractivity contribution is 7.22. The SMILES string of the molecule is CN(CC1CCC1)c1nc2ccc(N)cc2s1. The third-order valence-corrected chi connectivity index (χ3v) is 4.62. The van der Waals surface area contributed by atoms with E-state index in [1.807, 2.05) is 18.2 Å². The Labute approximate surface area is 105 Å². The minimum absolute atomic E-state index is 0.814. The van der Waals surface area contributed by atoms with Gasteiger partial charge in [-0.2, -0.15) is 0 Å². The van der Waals surface area contributed by atoms with E-state index in [0.29, 0.717) is 0 Å². The Balaban J connectivity index is 1.83. The van der Waals surface area contributed by atoms with Crippen molar-refractivity contribution in [2.75, 3.05) is 24.2 Å². The molecule has 1 heterocycles. The van der Waals surface area contributed by atoms with Crippen LogP contribution in [0.15, 0.2) is 18.2 Å². The fourth-order valence-electron chi connectivity index (χ4n) is 2.23. The Morgan fingerprint density at radius 1 is 1.47 bits per heavy atom. The molecule has 3 rings (SSSR count). The summed E-state index contributed by atoms with van der Waals surface area (Å²) in [7, 11) is 2.14. The minimum atomic E-state index is 0.814. The number of anilines is 2. The first kappa shape index (κ1) is 10.8. The lowest BCUT2D eigenvalue weighted by Crippen LogP contribution is -2.29. The van der Waals surface area contributed by atoms with E-state index in [2.05, 4.69) is 16.9 Å². The first-order chi connectivity index (χ1) is 8.22. The zero-order valence-electron chi connectivity index (χ0n) is 10.0. The van der Waals surface area contributed by atoms with E-state index in [0.717, 1.165) is 28.8 Å². The van der Waals surface area contributed by atoms with Crippen LogP contribution in [0.3, 0.4) is 0 Å². The molecule has 0 spiro atoms. The molecule has 1 aromatic heterocycles. The van der Waals surface area contributed by atoms with Crippen molar-refractivity contribution in [2.45, 2.75) is 19.3 Å². The van der Waals surface area contributed by atoms with Crippen LogP contribution < -0.4 is 10.6 Å². The van der Waals surface area contributed by atoms with Gasteiger partial charge in [-0.3, -0.25) is 0 Å². The van der Waals surface area contributed by atoms with Crippen molar-refractivity contribution in [3.05, 3.63) is 18.2 Å². The number of nitrogens with two attached hydrogens (primary N) is 1. The molecular weight excluding hydrogens is 230 g/mol. The van der Waals surface area contributed by atoms with E-state index in [9.17, 15) is 0 Å². The summed E-state index contributed by atoms with van der Waals surface area (Å²) in [4.78, 5) is 6.94. The summed E-state index contributed by atoms with van der Waals surface area (Å²) in [5, 5.41) is 1.11. The Bertz CT molecular complexity index is 530. The maximum Gasteiger partial charge on any atom is 0.186 e. The van der Waals surface area contributed by atoms with Crippen LogP contribution in [-0.2, 0) is 0 Å². The van der Waals surface area contributed by atoms with E-state index >= 15 is 0 Å². The summed E-state index contributed by atoms with van der Waals surface area (Å²) in [5.41, 5.74) is 7.66. The molecule has 1 saturated carbocycles. The number of aromatic nitrogens is 1. The molecule has 1 aliphatic rings. The average molecular weight is 247 g/mol. The lowest BCUT2D eigenvalue weighted by Gasteiger charge is -2.29. The molecule has 2 aromatic rings. The Morgan fingerprint density at radius 3 is 3.00 bits per heavy atom. The Kier molecular flexibility index (Phi) is 2.67. The quantitative estimate of drug-likeness (QED) is 0.847. The second-order valence-electron chi connectivity index (χ2n) is 4.90. The van der Waals surface area contributed by atoms with Gasteiger partial charge in [0, 0.05) is 19.3 Å². The lowest BCUT2D eigenvalue weighted by atomic mass is 9.85. The van der Waals surface area contributed by atoms with Crippen molar-refractivity contribution in [3.8, 4) is 0 Å². The molecule has 90 valence electrons. The number of hydrogen-bond donors (Lipinski definition) is 1. The van der Waals surface area contributed by atoms with E-state index < -0.39 is 0 Å². The van der Waals surface area contributed by atoms with Crippen molar-refractivity contribution >= 4 is 32.4 Å². The van der Waals surface area contributed by atoms with Crippen molar-refractivity contribution in [1.29, 1.82) is 0 Å². The predicted molar refractivity (Wildman–Crippen MR) is 74.6 cm³/mol. The van der Waals surface area contributed by atoms with Gasteiger partial charge in [0.15, 0.2) is 5.13 Å². The predicted octanol–water partition coefficient (Wildman–Crippen LogP) is 3.11. The molecule has 17 heavy (non-hydrogen) atoms. The first-order valence-corrected chi connectivity index (χ1v) is 6.91. The van der Waals surface area contributed by atoms with Crippen LogP contribution >= 0.6 is 11.3 Å². The fraction of sp³-hybridized carbons (Fsp3) is 0.462. The number of hydrogen-bond acceptors (Lipinski definition) is 4. The van der Waals surface area contributed by atoms with Gasteiger partial charge < -0.3 is 10.6 Å². The topological polar surface area (TPSA) is 42.2 Å². The zero-order valence-corrected chi connectivity index (χ0v) is 10.8. The van der Waals surface area contributed by atoms with E-state index in [1.165, 1.54) is 24.0 Å².